The van der Waals surface area contributed by atoms with E-state index in [-0.39, 0.29) is 5.54 Å². The predicted octanol–water partition coefficient (Wildman–Crippen LogP) is 4.43. The number of allylic oxidation sites excluding steroid dienone is 1. The minimum Gasteiger partial charge on any atom is -0.376 e. The van der Waals surface area contributed by atoms with Crippen LogP contribution < -0.4 is 5.32 Å². The maximum atomic E-state index is 3.55. The van der Waals surface area contributed by atoms with Crippen molar-refractivity contribution in [3.8, 4) is 0 Å². The molecule has 0 saturated carbocycles. The first-order chi connectivity index (χ1) is 7.02. The highest BCUT2D eigenvalue weighted by atomic mass is 79.9. The minimum atomic E-state index is 0.0317. The number of nitrogens with one attached hydrogen (secondary N) is 1. The molecule has 0 unspecified atom stereocenters. The number of benzene rings is 1. The summed E-state index contributed by atoms with van der Waals surface area (Å²) in [6, 6.07) is 6.35. The number of halogens is 2. The van der Waals surface area contributed by atoms with Gasteiger partial charge in [-0.15, -0.1) is 0 Å². The highest BCUT2D eigenvalue weighted by Gasteiger charge is 2.23. The molecule has 1 aliphatic rings. The number of hydrogen-bond donors (Lipinski definition) is 1. The van der Waals surface area contributed by atoms with Crippen molar-refractivity contribution in [2.45, 2.75) is 19.4 Å². The van der Waals surface area contributed by atoms with Crippen molar-refractivity contribution in [1.29, 1.82) is 0 Å². The van der Waals surface area contributed by atoms with Crippen molar-refractivity contribution < 1.29 is 0 Å². The number of anilines is 1. The van der Waals surface area contributed by atoms with E-state index in [2.05, 4.69) is 75.3 Å². The third-order valence-corrected chi connectivity index (χ3v) is 3.56. The van der Waals surface area contributed by atoms with Gasteiger partial charge in [0.1, 0.15) is 0 Å². The molecule has 1 heterocycles. The first-order valence-corrected chi connectivity index (χ1v) is 6.79. The molecule has 0 amide bonds. The lowest BCUT2D eigenvalue weighted by molar-refractivity contribution is 0.707. The molecule has 0 atom stereocenters. The van der Waals surface area contributed by atoms with Crippen LogP contribution in [0, 0.1) is 0 Å². The van der Waals surface area contributed by atoms with Crippen molar-refractivity contribution in [1.82, 2.24) is 0 Å². The van der Waals surface area contributed by atoms with E-state index in [4.69, 9.17) is 0 Å². The van der Waals surface area contributed by atoms with Crippen LogP contribution in [0.4, 0.5) is 5.69 Å². The molecule has 0 spiro atoms. The lowest BCUT2D eigenvalue weighted by Gasteiger charge is -2.32. The van der Waals surface area contributed by atoms with Gasteiger partial charge in [-0.1, -0.05) is 37.9 Å². The van der Waals surface area contributed by atoms with Gasteiger partial charge < -0.3 is 5.32 Å². The van der Waals surface area contributed by atoms with E-state index in [1.807, 2.05) is 0 Å². The van der Waals surface area contributed by atoms with E-state index in [1.165, 1.54) is 16.8 Å². The molecule has 15 heavy (non-hydrogen) atoms. The Hall–Kier alpha value is -0.280. The Morgan fingerprint density at radius 2 is 2.07 bits per heavy atom. The molecular formula is C12H13Br2N. The molecule has 1 aromatic rings. The topological polar surface area (TPSA) is 12.0 Å². The summed E-state index contributed by atoms with van der Waals surface area (Å²) in [6.45, 7) is 4.36. The van der Waals surface area contributed by atoms with Crippen molar-refractivity contribution in [3.05, 3.63) is 34.3 Å². The molecule has 0 aliphatic carbocycles. The van der Waals surface area contributed by atoms with Gasteiger partial charge in [-0.25, -0.2) is 0 Å². The van der Waals surface area contributed by atoms with Crippen molar-refractivity contribution in [2.24, 2.45) is 0 Å². The summed E-state index contributed by atoms with van der Waals surface area (Å²) in [4.78, 5) is 0. The van der Waals surface area contributed by atoms with E-state index >= 15 is 0 Å². The quantitative estimate of drug-likeness (QED) is 0.751. The molecule has 0 bridgehead atoms. The Morgan fingerprint density at radius 3 is 2.73 bits per heavy atom. The lowest BCUT2D eigenvalue weighted by atomic mass is 9.91. The summed E-state index contributed by atoms with van der Waals surface area (Å²) >= 11 is 7.05. The van der Waals surface area contributed by atoms with Gasteiger partial charge in [0.2, 0.25) is 0 Å². The Bertz CT molecular complexity index is 422. The number of hydrogen-bond acceptors (Lipinski definition) is 1. The molecule has 2 rings (SSSR count). The largest absolute Gasteiger partial charge is 0.376 e. The van der Waals surface area contributed by atoms with Crippen LogP contribution in [0.15, 0.2) is 28.7 Å². The zero-order valence-electron chi connectivity index (χ0n) is 8.77. The van der Waals surface area contributed by atoms with Gasteiger partial charge >= 0.3 is 0 Å². The van der Waals surface area contributed by atoms with Gasteiger partial charge in [-0.3, -0.25) is 0 Å². The van der Waals surface area contributed by atoms with Gasteiger partial charge in [-0.05, 0) is 37.6 Å². The summed E-state index contributed by atoms with van der Waals surface area (Å²) in [5.41, 5.74) is 3.86. The zero-order chi connectivity index (χ0) is 11.1. The van der Waals surface area contributed by atoms with Crippen LogP contribution >= 0.6 is 31.9 Å². The van der Waals surface area contributed by atoms with Gasteiger partial charge in [-0.2, -0.15) is 0 Å². The summed E-state index contributed by atoms with van der Waals surface area (Å²) < 4.78 is 1.12. The van der Waals surface area contributed by atoms with Crippen LogP contribution in [0.5, 0.6) is 0 Å². The second kappa shape index (κ2) is 3.95. The van der Waals surface area contributed by atoms with Crippen LogP contribution in [-0.4, -0.2) is 10.9 Å². The fourth-order valence-corrected chi connectivity index (χ4v) is 2.72. The maximum Gasteiger partial charge on any atom is 0.0506 e. The number of fused-ring (bicyclic) bond motifs is 1. The minimum absolute atomic E-state index is 0.0317. The van der Waals surface area contributed by atoms with Crippen LogP contribution in [0.25, 0.3) is 5.57 Å². The molecule has 1 aliphatic heterocycles. The average Bonchev–Trinajstić information content (AvgIpc) is 2.16. The molecule has 80 valence electrons. The van der Waals surface area contributed by atoms with E-state index in [1.54, 1.807) is 0 Å². The Labute approximate surface area is 107 Å². The monoisotopic (exact) mass is 329 g/mol. The van der Waals surface area contributed by atoms with E-state index in [9.17, 15) is 0 Å². The maximum absolute atomic E-state index is 3.55. The van der Waals surface area contributed by atoms with Gasteiger partial charge in [0.25, 0.3) is 0 Å². The molecule has 0 fully saturated rings. The van der Waals surface area contributed by atoms with Crippen molar-refractivity contribution in [2.75, 3.05) is 10.6 Å². The molecular weight excluding hydrogens is 318 g/mol. The molecule has 3 heteroatoms. The standard InChI is InChI=1S/C12H13Br2N/c1-12(2)6-8(7-13)10-5-9(14)3-4-11(10)15-12/h3-6,15H,7H2,1-2H3. The van der Waals surface area contributed by atoms with Crippen LogP contribution in [-0.2, 0) is 0 Å². The van der Waals surface area contributed by atoms with Crippen molar-refractivity contribution in [3.63, 3.8) is 0 Å². The Kier molecular flexibility index (Phi) is 2.95. The van der Waals surface area contributed by atoms with Gasteiger partial charge in [0.15, 0.2) is 0 Å². The number of rotatable bonds is 1. The second-order valence-electron chi connectivity index (χ2n) is 4.34. The summed E-state index contributed by atoms with van der Waals surface area (Å²) in [5, 5.41) is 4.40. The highest BCUT2D eigenvalue weighted by Crippen LogP contribution is 2.36. The molecule has 0 saturated heterocycles. The third kappa shape index (κ3) is 2.28. The summed E-state index contributed by atoms with van der Waals surface area (Å²) in [5.74, 6) is 0. The van der Waals surface area contributed by atoms with E-state index in [0.29, 0.717) is 0 Å². The zero-order valence-corrected chi connectivity index (χ0v) is 11.9. The predicted molar refractivity (Wildman–Crippen MR) is 73.6 cm³/mol. The smallest absolute Gasteiger partial charge is 0.0506 e. The van der Waals surface area contributed by atoms with Crippen LogP contribution in [0.2, 0.25) is 0 Å². The third-order valence-electron chi connectivity index (χ3n) is 2.46. The average molecular weight is 331 g/mol. The first-order valence-electron chi connectivity index (χ1n) is 4.88. The fraction of sp³-hybridized carbons (Fsp3) is 0.333. The normalized spacial score (nSPS) is 17.7. The lowest BCUT2D eigenvalue weighted by Crippen LogP contribution is -2.31. The summed E-state index contributed by atoms with van der Waals surface area (Å²) in [6.07, 6.45) is 2.27. The van der Waals surface area contributed by atoms with Crippen LogP contribution in [0.1, 0.15) is 19.4 Å². The Morgan fingerprint density at radius 1 is 1.33 bits per heavy atom. The van der Waals surface area contributed by atoms with Gasteiger partial charge in [0.05, 0.1) is 5.54 Å². The van der Waals surface area contributed by atoms with Crippen molar-refractivity contribution >= 4 is 43.1 Å². The fourth-order valence-electron chi connectivity index (χ4n) is 1.90. The SMILES string of the molecule is CC1(C)C=C(CBr)c2cc(Br)ccc2N1. The molecule has 1 aromatic carbocycles. The Balaban J connectivity index is 2.56. The van der Waals surface area contributed by atoms with E-state index < -0.39 is 0 Å². The molecule has 1 nitrogen and oxygen atoms in total. The molecule has 1 N–H and O–H groups in total. The second-order valence-corrected chi connectivity index (χ2v) is 5.82. The number of alkyl halides is 1. The molecule has 0 radical (unpaired) electrons. The summed E-state index contributed by atoms with van der Waals surface area (Å²) in [7, 11) is 0. The van der Waals surface area contributed by atoms with Crippen LogP contribution in [0.3, 0.4) is 0 Å². The first kappa shape index (κ1) is 11.2. The molecule has 0 aromatic heterocycles. The van der Waals surface area contributed by atoms with Gasteiger partial charge in [0, 0.05) is 21.1 Å². The highest BCUT2D eigenvalue weighted by molar-refractivity contribution is 9.10. The van der Waals surface area contributed by atoms with E-state index in [0.717, 1.165) is 9.80 Å².